The zero-order valence-corrected chi connectivity index (χ0v) is 9.21. The Morgan fingerprint density at radius 1 is 1.41 bits per heavy atom. The van der Waals surface area contributed by atoms with Gasteiger partial charge in [0.2, 0.25) is 0 Å². The SMILES string of the molecule is COC(=O)COc1ccc2ncnc(N)c2c1. The second-order valence-electron chi connectivity index (χ2n) is 3.30. The Morgan fingerprint density at radius 3 is 3.00 bits per heavy atom. The summed E-state index contributed by atoms with van der Waals surface area (Å²) in [6.45, 7) is -0.143. The molecule has 0 radical (unpaired) electrons. The van der Waals surface area contributed by atoms with Crippen LogP contribution in [0.1, 0.15) is 0 Å². The third-order valence-corrected chi connectivity index (χ3v) is 2.22. The number of hydrogen-bond acceptors (Lipinski definition) is 6. The molecule has 0 amide bonds. The zero-order chi connectivity index (χ0) is 12.3. The Morgan fingerprint density at radius 2 is 2.24 bits per heavy atom. The van der Waals surface area contributed by atoms with E-state index in [1.165, 1.54) is 13.4 Å². The van der Waals surface area contributed by atoms with Gasteiger partial charge in [0.15, 0.2) is 6.61 Å². The van der Waals surface area contributed by atoms with Crippen LogP contribution >= 0.6 is 0 Å². The van der Waals surface area contributed by atoms with Crippen molar-refractivity contribution in [3.63, 3.8) is 0 Å². The number of ether oxygens (including phenoxy) is 2. The number of esters is 1. The average molecular weight is 233 g/mol. The summed E-state index contributed by atoms with van der Waals surface area (Å²) in [5.41, 5.74) is 6.43. The smallest absolute Gasteiger partial charge is 0.343 e. The first-order valence-corrected chi connectivity index (χ1v) is 4.90. The number of nitrogens with two attached hydrogens (primary N) is 1. The van der Waals surface area contributed by atoms with Crippen LogP contribution in [0.15, 0.2) is 24.5 Å². The van der Waals surface area contributed by atoms with Crippen LogP contribution in [0.2, 0.25) is 0 Å². The number of carbonyl (C=O) groups excluding carboxylic acids is 1. The van der Waals surface area contributed by atoms with Crippen molar-refractivity contribution in [3.05, 3.63) is 24.5 Å². The maximum atomic E-state index is 10.9. The molecular weight excluding hydrogens is 222 g/mol. The van der Waals surface area contributed by atoms with E-state index in [2.05, 4.69) is 14.7 Å². The van der Waals surface area contributed by atoms with Crippen molar-refractivity contribution in [1.29, 1.82) is 0 Å². The largest absolute Gasteiger partial charge is 0.482 e. The number of nitrogens with zero attached hydrogens (tertiary/aromatic N) is 2. The fourth-order valence-electron chi connectivity index (χ4n) is 1.35. The van der Waals surface area contributed by atoms with Gasteiger partial charge in [-0.25, -0.2) is 14.8 Å². The predicted molar refractivity (Wildman–Crippen MR) is 61.5 cm³/mol. The Labute approximate surface area is 97.4 Å². The molecule has 17 heavy (non-hydrogen) atoms. The molecule has 0 bridgehead atoms. The molecule has 2 rings (SSSR count). The van der Waals surface area contributed by atoms with E-state index in [-0.39, 0.29) is 6.61 Å². The summed E-state index contributed by atoms with van der Waals surface area (Å²) in [4.78, 5) is 18.9. The van der Waals surface area contributed by atoms with Gasteiger partial charge in [0, 0.05) is 5.39 Å². The van der Waals surface area contributed by atoms with Crippen LogP contribution in [0.25, 0.3) is 10.9 Å². The Kier molecular flexibility index (Phi) is 3.04. The van der Waals surface area contributed by atoms with Crippen molar-refractivity contribution in [2.45, 2.75) is 0 Å². The molecule has 0 atom stereocenters. The Hall–Kier alpha value is -2.37. The van der Waals surface area contributed by atoms with E-state index in [9.17, 15) is 4.79 Å². The van der Waals surface area contributed by atoms with Crippen LogP contribution in [0, 0.1) is 0 Å². The molecule has 0 saturated heterocycles. The fourth-order valence-corrected chi connectivity index (χ4v) is 1.35. The average Bonchev–Trinajstić information content (AvgIpc) is 2.36. The van der Waals surface area contributed by atoms with Crippen LogP contribution in [0.4, 0.5) is 5.82 Å². The maximum absolute atomic E-state index is 10.9. The number of nitrogen functional groups attached to an aromatic ring is 1. The van der Waals surface area contributed by atoms with Crippen molar-refractivity contribution in [1.82, 2.24) is 9.97 Å². The molecule has 0 aliphatic heterocycles. The first-order valence-electron chi connectivity index (χ1n) is 4.90. The number of anilines is 1. The van der Waals surface area contributed by atoms with Crippen LogP contribution in [0.5, 0.6) is 5.75 Å². The number of rotatable bonds is 3. The van der Waals surface area contributed by atoms with E-state index >= 15 is 0 Å². The predicted octanol–water partition coefficient (Wildman–Crippen LogP) is 0.764. The number of benzene rings is 1. The molecule has 6 heteroatoms. The van der Waals surface area contributed by atoms with E-state index in [4.69, 9.17) is 10.5 Å². The highest BCUT2D eigenvalue weighted by atomic mass is 16.6. The molecule has 0 aliphatic carbocycles. The molecule has 1 aromatic carbocycles. The summed E-state index contributed by atoms with van der Waals surface area (Å²) >= 11 is 0. The Balaban J connectivity index is 2.25. The van der Waals surface area contributed by atoms with Gasteiger partial charge < -0.3 is 15.2 Å². The van der Waals surface area contributed by atoms with E-state index in [1.54, 1.807) is 18.2 Å². The summed E-state index contributed by atoms with van der Waals surface area (Å²) in [5.74, 6) is 0.449. The molecule has 0 fully saturated rings. The molecule has 0 unspecified atom stereocenters. The van der Waals surface area contributed by atoms with E-state index in [0.717, 1.165) is 5.52 Å². The van der Waals surface area contributed by atoms with Gasteiger partial charge in [-0.2, -0.15) is 0 Å². The number of hydrogen-bond donors (Lipinski definition) is 1. The third kappa shape index (κ3) is 2.41. The highest BCUT2D eigenvalue weighted by molar-refractivity contribution is 5.88. The minimum atomic E-state index is -0.442. The number of carbonyl (C=O) groups is 1. The standard InChI is InChI=1S/C11H11N3O3/c1-16-10(15)5-17-7-2-3-9-8(4-7)11(12)14-6-13-9/h2-4,6H,5H2,1H3,(H2,12,13,14). The number of methoxy groups -OCH3 is 1. The van der Waals surface area contributed by atoms with Crippen molar-refractivity contribution in [3.8, 4) is 5.75 Å². The second kappa shape index (κ2) is 4.65. The number of fused-ring (bicyclic) bond motifs is 1. The topological polar surface area (TPSA) is 87.3 Å². The van der Waals surface area contributed by atoms with Crippen LogP contribution in [-0.2, 0) is 9.53 Å². The summed E-state index contributed by atoms with van der Waals surface area (Å²) in [5, 5.41) is 0.690. The summed E-state index contributed by atoms with van der Waals surface area (Å²) < 4.78 is 9.71. The van der Waals surface area contributed by atoms with Crippen molar-refractivity contribution in [2.24, 2.45) is 0 Å². The first kappa shape index (κ1) is 11.1. The summed E-state index contributed by atoms with van der Waals surface area (Å²) in [6.07, 6.45) is 1.40. The molecule has 0 spiro atoms. The van der Waals surface area contributed by atoms with Crippen LogP contribution < -0.4 is 10.5 Å². The van der Waals surface area contributed by atoms with Gasteiger partial charge in [-0.15, -0.1) is 0 Å². The van der Waals surface area contributed by atoms with Gasteiger partial charge in [-0.05, 0) is 18.2 Å². The Bertz CT molecular complexity index is 557. The highest BCUT2D eigenvalue weighted by Gasteiger charge is 2.05. The van der Waals surface area contributed by atoms with Gasteiger partial charge in [-0.3, -0.25) is 0 Å². The lowest BCUT2D eigenvalue weighted by molar-refractivity contribution is -0.142. The molecular formula is C11H11N3O3. The zero-order valence-electron chi connectivity index (χ0n) is 9.21. The molecule has 2 N–H and O–H groups in total. The quantitative estimate of drug-likeness (QED) is 0.787. The van der Waals surface area contributed by atoms with Crippen LogP contribution in [-0.4, -0.2) is 29.7 Å². The van der Waals surface area contributed by atoms with Crippen molar-refractivity contribution in [2.75, 3.05) is 19.5 Å². The van der Waals surface area contributed by atoms with Crippen molar-refractivity contribution < 1.29 is 14.3 Å². The van der Waals surface area contributed by atoms with Gasteiger partial charge in [0.1, 0.15) is 17.9 Å². The normalized spacial score (nSPS) is 10.2. The fraction of sp³-hybridized carbons (Fsp3) is 0.182. The third-order valence-electron chi connectivity index (χ3n) is 2.22. The monoisotopic (exact) mass is 233 g/mol. The summed E-state index contributed by atoms with van der Waals surface area (Å²) in [6, 6.07) is 5.14. The summed E-state index contributed by atoms with van der Waals surface area (Å²) in [7, 11) is 1.30. The molecule has 6 nitrogen and oxygen atoms in total. The minimum absolute atomic E-state index is 0.143. The molecule has 0 saturated carbocycles. The molecule has 1 aromatic heterocycles. The van der Waals surface area contributed by atoms with Gasteiger partial charge in [0.25, 0.3) is 0 Å². The molecule has 2 aromatic rings. The van der Waals surface area contributed by atoms with Crippen molar-refractivity contribution >= 4 is 22.7 Å². The lowest BCUT2D eigenvalue weighted by Crippen LogP contribution is -2.12. The number of aromatic nitrogens is 2. The first-order chi connectivity index (χ1) is 8.20. The molecule has 0 aliphatic rings. The highest BCUT2D eigenvalue weighted by Crippen LogP contribution is 2.22. The van der Waals surface area contributed by atoms with Crippen LogP contribution in [0.3, 0.4) is 0 Å². The minimum Gasteiger partial charge on any atom is -0.482 e. The van der Waals surface area contributed by atoms with Gasteiger partial charge >= 0.3 is 5.97 Å². The second-order valence-corrected chi connectivity index (χ2v) is 3.30. The molecule has 88 valence electrons. The lowest BCUT2D eigenvalue weighted by atomic mass is 10.2. The van der Waals surface area contributed by atoms with Gasteiger partial charge in [-0.1, -0.05) is 0 Å². The lowest BCUT2D eigenvalue weighted by Gasteiger charge is -2.06. The molecule has 1 heterocycles. The van der Waals surface area contributed by atoms with E-state index in [0.29, 0.717) is 17.0 Å². The van der Waals surface area contributed by atoms with E-state index < -0.39 is 5.97 Å². The van der Waals surface area contributed by atoms with E-state index in [1.807, 2.05) is 0 Å². The maximum Gasteiger partial charge on any atom is 0.343 e. The van der Waals surface area contributed by atoms with Gasteiger partial charge in [0.05, 0.1) is 12.6 Å².